The van der Waals surface area contributed by atoms with Crippen molar-refractivity contribution in [3.8, 4) is 5.75 Å². The fourth-order valence-electron chi connectivity index (χ4n) is 3.35. The number of aromatic nitrogens is 2. The Morgan fingerprint density at radius 2 is 1.97 bits per heavy atom. The second-order valence-corrected chi connectivity index (χ2v) is 7.18. The number of fused-ring (bicyclic) bond motifs is 1. The van der Waals surface area contributed by atoms with Gasteiger partial charge in [0.25, 0.3) is 5.91 Å². The number of ether oxygens (including phenoxy) is 1. The van der Waals surface area contributed by atoms with E-state index in [9.17, 15) is 14.7 Å². The Morgan fingerprint density at radius 1 is 1.23 bits per heavy atom. The monoisotopic (exact) mass is 438 g/mol. The standard InChI is InChI=1S/C22H19ClN4O4/c1-2-31-19-6-4-3-5-15(19)18-11-17(22(29)30)26-20-16(12-24-27(18)20)21(28)25-14-9-7-13(23)8-10-14/h3-12,18,26H,2H2,1H3,(H,25,28)(H,29,30). The molecule has 1 aliphatic heterocycles. The minimum atomic E-state index is -1.14. The lowest BCUT2D eigenvalue weighted by atomic mass is 10.0. The van der Waals surface area contributed by atoms with Gasteiger partial charge in [-0.05, 0) is 43.3 Å². The van der Waals surface area contributed by atoms with E-state index < -0.39 is 17.9 Å². The van der Waals surface area contributed by atoms with E-state index in [1.807, 2.05) is 31.2 Å². The maximum atomic E-state index is 12.9. The van der Waals surface area contributed by atoms with Crippen molar-refractivity contribution in [2.75, 3.05) is 17.2 Å². The van der Waals surface area contributed by atoms with Crippen LogP contribution in [-0.2, 0) is 4.79 Å². The molecule has 31 heavy (non-hydrogen) atoms. The van der Waals surface area contributed by atoms with Crippen molar-refractivity contribution < 1.29 is 19.4 Å². The van der Waals surface area contributed by atoms with Crippen LogP contribution in [0.4, 0.5) is 11.5 Å². The van der Waals surface area contributed by atoms with Gasteiger partial charge in [-0.2, -0.15) is 5.10 Å². The Balaban J connectivity index is 1.73. The van der Waals surface area contributed by atoms with Crippen LogP contribution in [0, 0.1) is 0 Å². The number of rotatable bonds is 6. The van der Waals surface area contributed by atoms with E-state index in [1.54, 1.807) is 35.0 Å². The fourth-order valence-corrected chi connectivity index (χ4v) is 3.48. The van der Waals surface area contributed by atoms with Gasteiger partial charge >= 0.3 is 5.97 Å². The second kappa shape index (κ2) is 8.53. The number of carboxylic acids is 1. The van der Waals surface area contributed by atoms with Crippen molar-refractivity contribution in [1.82, 2.24) is 9.78 Å². The highest BCUT2D eigenvalue weighted by Crippen LogP contribution is 2.36. The molecule has 0 saturated heterocycles. The van der Waals surface area contributed by atoms with Crippen LogP contribution in [0.3, 0.4) is 0 Å². The maximum Gasteiger partial charge on any atom is 0.352 e. The quantitative estimate of drug-likeness (QED) is 0.533. The molecule has 0 radical (unpaired) electrons. The number of halogens is 1. The van der Waals surface area contributed by atoms with Gasteiger partial charge in [0.2, 0.25) is 0 Å². The lowest BCUT2D eigenvalue weighted by Gasteiger charge is -2.25. The molecule has 2 aromatic carbocycles. The highest BCUT2D eigenvalue weighted by molar-refractivity contribution is 6.30. The Bertz CT molecular complexity index is 1170. The van der Waals surface area contributed by atoms with Crippen molar-refractivity contribution in [3.05, 3.63) is 82.7 Å². The lowest BCUT2D eigenvalue weighted by molar-refractivity contribution is -0.132. The van der Waals surface area contributed by atoms with Crippen LogP contribution >= 0.6 is 11.6 Å². The predicted octanol–water partition coefficient (Wildman–Crippen LogP) is 4.17. The van der Waals surface area contributed by atoms with Crippen molar-refractivity contribution in [2.24, 2.45) is 0 Å². The lowest BCUT2D eigenvalue weighted by Crippen LogP contribution is -2.26. The molecule has 1 amide bonds. The summed E-state index contributed by atoms with van der Waals surface area (Å²) in [6.45, 7) is 2.33. The number of carbonyl (C=O) groups excluding carboxylic acids is 1. The van der Waals surface area contributed by atoms with Gasteiger partial charge in [-0.15, -0.1) is 0 Å². The van der Waals surface area contributed by atoms with E-state index in [1.165, 1.54) is 6.20 Å². The van der Waals surface area contributed by atoms with E-state index in [2.05, 4.69) is 15.7 Å². The Morgan fingerprint density at radius 3 is 2.68 bits per heavy atom. The summed E-state index contributed by atoms with van der Waals surface area (Å²) in [7, 11) is 0. The zero-order valence-corrected chi connectivity index (χ0v) is 17.3. The normalized spacial score (nSPS) is 14.8. The molecule has 0 fully saturated rings. The molecular weight excluding hydrogens is 420 g/mol. The molecule has 0 aliphatic carbocycles. The third kappa shape index (κ3) is 4.10. The first kappa shape index (κ1) is 20.5. The molecule has 0 bridgehead atoms. The van der Waals surface area contributed by atoms with Crippen LogP contribution in [-0.4, -0.2) is 33.4 Å². The largest absolute Gasteiger partial charge is 0.494 e. The van der Waals surface area contributed by atoms with Crippen molar-refractivity contribution >= 4 is 35.0 Å². The first-order valence-corrected chi connectivity index (χ1v) is 9.94. The van der Waals surface area contributed by atoms with Gasteiger partial charge in [0.15, 0.2) is 0 Å². The number of benzene rings is 2. The van der Waals surface area contributed by atoms with Gasteiger partial charge in [-0.25, -0.2) is 9.48 Å². The third-order valence-corrected chi connectivity index (χ3v) is 5.00. The number of allylic oxidation sites excluding steroid dienone is 1. The summed E-state index contributed by atoms with van der Waals surface area (Å²) in [5, 5.41) is 20.1. The number of carboxylic acid groups (broad SMARTS) is 1. The molecule has 3 N–H and O–H groups in total. The number of nitrogens with zero attached hydrogens (tertiary/aromatic N) is 2. The fraction of sp³-hybridized carbons (Fsp3) is 0.136. The third-order valence-electron chi connectivity index (χ3n) is 4.75. The molecule has 4 rings (SSSR count). The van der Waals surface area contributed by atoms with Gasteiger partial charge in [-0.1, -0.05) is 29.8 Å². The SMILES string of the molecule is CCOc1ccccc1C1C=C(C(=O)O)Nc2c(C(=O)Nc3ccc(Cl)cc3)cnn21. The minimum Gasteiger partial charge on any atom is -0.494 e. The maximum absolute atomic E-state index is 12.9. The molecule has 0 spiro atoms. The number of carbonyl (C=O) groups is 2. The average Bonchev–Trinajstić information content (AvgIpc) is 3.19. The van der Waals surface area contributed by atoms with Crippen LogP contribution in [0.15, 0.2) is 66.5 Å². The summed E-state index contributed by atoms with van der Waals surface area (Å²) in [6, 6.07) is 13.4. The Kier molecular flexibility index (Phi) is 5.64. The highest BCUT2D eigenvalue weighted by Gasteiger charge is 2.30. The van der Waals surface area contributed by atoms with Crippen molar-refractivity contribution in [2.45, 2.75) is 13.0 Å². The first-order valence-electron chi connectivity index (χ1n) is 9.56. The number of para-hydroxylation sites is 1. The predicted molar refractivity (Wildman–Crippen MR) is 117 cm³/mol. The molecule has 1 atom stereocenters. The number of nitrogens with one attached hydrogen (secondary N) is 2. The van der Waals surface area contributed by atoms with Crippen LogP contribution in [0.1, 0.15) is 28.9 Å². The van der Waals surface area contributed by atoms with Gasteiger partial charge < -0.3 is 20.5 Å². The van der Waals surface area contributed by atoms with Gasteiger partial charge in [0.1, 0.15) is 28.9 Å². The smallest absolute Gasteiger partial charge is 0.352 e. The highest BCUT2D eigenvalue weighted by atomic mass is 35.5. The molecular formula is C22H19ClN4O4. The molecule has 1 aromatic heterocycles. The minimum absolute atomic E-state index is 0.0511. The van der Waals surface area contributed by atoms with E-state index in [-0.39, 0.29) is 17.1 Å². The molecule has 2 heterocycles. The molecule has 1 unspecified atom stereocenters. The summed E-state index contributed by atoms with van der Waals surface area (Å²) in [6.07, 6.45) is 2.95. The number of hydrogen-bond donors (Lipinski definition) is 3. The van der Waals surface area contributed by atoms with Crippen LogP contribution in [0.5, 0.6) is 5.75 Å². The topological polar surface area (TPSA) is 105 Å². The average molecular weight is 439 g/mol. The number of amides is 1. The second-order valence-electron chi connectivity index (χ2n) is 6.74. The molecule has 1 aliphatic rings. The Labute approximate surface area is 183 Å². The van der Waals surface area contributed by atoms with Crippen molar-refractivity contribution in [1.29, 1.82) is 0 Å². The van der Waals surface area contributed by atoms with E-state index in [4.69, 9.17) is 16.3 Å². The van der Waals surface area contributed by atoms with Crippen LogP contribution < -0.4 is 15.4 Å². The molecule has 0 saturated carbocycles. The summed E-state index contributed by atoms with van der Waals surface area (Å²) in [5.41, 5.74) is 1.45. The first-order chi connectivity index (χ1) is 15.0. The summed E-state index contributed by atoms with van der Waals surface area (Å²) in [5.74, 6) is -0.677. The van der Waals surface area contributed by atoms with E-state index in [0.29, 0.717) is 23.1 Å². The van der Waals surface area contributed by atoms with Crippen LogP contribution in [0.25, 0.3) is 0 Å². The van der Waals surface area contributed by atoms with Gasteiger partial charge in [-0.3, -0.25) is 4.79 Å². The molecule has 3 aromatic rings. The zero-order chi connectivity index (χ0) is 22.0. The Hall–Kier alpha value is -3.78. The van der Waals surface area contributed by atoms with Crippen LogP contribution in [0.2, 0.25) is 5.02 Å². The summed E-state index contributed by atoms with van der Waals surface area (Å²) in [4.78, 5) is 24.7. The van der Waals surface area contributed by atoms with Crippen molar-refractivity contribution in [3.63, 3.8) is 0 Å². The van der Waals surface area contributed by atoms with Gasteiger partial charge in [0.05, 0.1) is 12.8 Å². The molecule has 8 nitrogen and oxygen atoms in total. The van der Waals surface area contributed by atoms with E-state index >= 15 is 0 Å². The van der Waals surface area contributed by atoms with E-state index in [0.717, 1.165) is 5.56 Å². The molecule has 9 heteroatoms. The van der Waals surface area contributed by atoms with Gasteiger partial charge in [0, 0.05) is 16.3 Å². The number of hydrogen-bond acceptors (Lipinski definition) is 5. The number of aliphatic carboxylic acids is 1. The summed E-state index contributed by atoms with van der Waals surface area (Å²) < 4.78 is 7.29. The zero-order valence-electron chi connectivity index (χ0n) is 16.5. The molecule has 158 valence electrons. The number of anilines is 2. The summed E-state index contributed by atoms with van der Waals surface area (Å²) >= 11 is 5.89.